The van der Waals surface area contributed by atoms with E-state index in [1.54, 1.807) is 11.4 Å². The monoisotopic (exact) mass is 336 g/mol. The summed E-state index contributed by atoms with van der Waals surface area (Å²) in [5.41, 5.74) is -0.0573. The highest BCUT2D eigenvalue weighted by Gasteiger charge is 2.31. The lowest BCUT2D eigenvalue weighted by Crippen LogP contribution is -2.03. The van der Waals surface area contributed by atoms with Gasteiger partial charge in [0.25, 0.3) is 5.89 Å². The molecule has 0 unspecified atom stereocenters. The van der Waals surface area contributed by atoms with Gasteiger partial charge < -0.3 is 8.83 Å². The Morgan fingerprint density at radius 2 is 2.00 bits per heavy atom. The second-order valence-corrected chi connectivity index (χ2v) is 5.59. The van der Waals surface area contributed by atoms with Crippen molar-refractivity contribution < 1.29 is 22.0 Å². The van der Waals surface area contributed by atoms with Crippen LogP contribution >= 0.6 is 11.3 Å². The number of aromatic nitrogens is 2. The average Bonchev–Trinajstić information content (AvgIpc) is 3.24. The zero-order valence-electron chi connectivity index (χ0n) is 11.3. The lowest BCUT2D eigenvalue weighted by molar-refractivity contribution is -0.137. The highest BCUT2D eigenvalue weighted by molar-refractivity contribution is 7.13. The van der Waals surface area contributed by atoms with Crippen LogP contribution < -0.4 is 0 Å². The number of fused-ring (bicyclic) bond motifs is 1. The molecule has 0 N–H and O–H groups in total. The van der Waals surface area contributed by atoms with Gasteiger partial charge in [-0.2, -0.15) is 13.2 Å². The summed E-state index contributed by atoms with van der Waals surface area (Å²) in [5.74, 6) is 0.782. The number of hydrogen-bond donors (Lipinski definition) is 0. The number of alkyl halides is 3. The van der Waals surface area contributed by atoms with Crippen LogP contribution in [-0.2, 0) is 6.18 Å². The molecular weight excluding hydrogens is 329 g/mol. The Morgan fingerprint density at radius 1 is 1.13 bits per heavy atom. The standard InChI is InChI=1S/C15H7F3N2O2S/c16-15(17,18)9-2-1-8-5-12(22-11(8)6-9)10-7-23-14(20-10)13-19-3-4-21-13/h1-7H. The van der Waals surface area contributed by atoms with Gasteiger partial charge in [-0.05, 0) is 18.2 Å². The first kappa shape index (κ1) is 14.0. The third-order valence-corrected chi connectivity index (χ3v) is 4.05. The molecule has 0 aliphatic carbocycles. The minimum absolute atomic E-state index is 0.167. The van der Waals surface area contributed by atoms with Crippen LogP contribution in [0.15, 0.2) is 50.9 Å². The van der Waals surface area contributed by atoms with Gasteiger partial charge in [0, 0.05) is 10.8 Å². The van der Waals surface area contributed by atoms with Crippen LogP contribution in [0.25, 0.3) is 33.3 Å². The van der Waals surface area contributed by atoms with Crippen molar-refractivity contribution in [2.75, 3.05) is 0 Å². The summed E-state index contributed by atoms with van der Waals surface area (Å²) in [6, 6.07) is 5.05. The van der Waals surface area contributed by atoms with Crippen molar-refractivity contribution in [2.45, 2.75) is 6.18 Å². The van der Waals surface area contributed by atoms with Crippen LogP contribution in [0, 0.1) is 0 Å². The summed E-state index contributed by atoms with van der Waals surface area (Å²) < 4.78 is 48.9. The van der Waals surface area contributed by atoms with E-state index in [2.05, 4.69) is 9.97 Å². The van der Waals surface area contributed by atoms with Crippen LogP contribution in [0.3, 0.4) is 0 Å². The smallest absolute Gasteiger partial charge is 0.416 e. The molecule has 0 saturated carbocycles. The molecule has 0 spiro atoms. The highest BCUT2D eigenvalue weighted by Crippen LogP contribution is 2.35. The maximum absolute atomic E-state index is 12.7. The number of benzene rings is 1. The molecular formula is C15H7F3N2O2S. The molecule has 3 aromatic heterocycles. The molecule has 4 rings (SSSR count). The lowest BCUT2D eigenvalue weighted by atomic mass is 10.1. The fraction of sp³-hybridized carbons (Fsp3) is 0.0667. The summed E-state index contributed by atoms with van der Waals surface area (Å²) >= 11 is 1.31. The molecule has 0 saturated heterocycles. The predicted octanol–water partition coefficient (Wildman–Crippen LogP) is 5.23. The molecule has 0 bridgehead atoms. The Morgan fingerprint density at radius 3 is 2.74 bits per heavy atom. The maximum atomic E-state index is 12.7. The van der Waals surface area contributed by atoms with E-state index in [4.69, 9.17) is 8.83 Å². The number of hydrogen-bond acceptors (Lipinski definition) is 5. The van der Waals surface area contributed by atoms with Crippen molar-refractivity contribution in [3.05, 3.63) is 47.7 Å². The third kappa shape index (κ3) is 2.50. The van der Waals surface area contributed by atoms with Crippen LogP contribution in [-0.4, -0.2) is 9.97 Å². The van der Waals surface area contributed by atoms with E-state index in [1.165, 1.54) is 29.9 Å². The number of halogens is 3. The van der Waals surface area contributed by atoms with E-state index in [-0.39, 0.29) is 5.58 Å². The molecule has 116 valence electrons. The summed E-state index contributed by atoms with van der Waals surface area (Å²) in [7, 11) is 0. The fourth-order valence-electron chi connectivity index (χ4n) is 2.15. The van der Waals surface area contributed by atoms with Crippen LogP contribution in [0.5, 0.6) is 0 Å². The molecule has 0 aliphatic rings. The number of nitrogens with zero attached hydrogens (tertiary/aromatic N) is 2. The Hall–Kier alpha value is -2.61. The third-order valence-electron chi connectivity index (χ3n) is 3.22. The Bertz CT molecular complexity index is 970. The van der Waals surface area contributed by atoms with Crippen LogP contribution in [0.1, 0.15) is 5.56 Å². The number of rotatable bonds is 2. The number of oxazole rings is 1. The average molecular weight is 336 g/mol. The molecule has 0 fully saturated rings. The second kappa shape index (κ2) is 4.95. The van der Waals surface area contributed by atoms with E-state index in [9.17, 15) is 13.2 Å². The van der Waals surface area contributed by atoms with Gasteiger partial charge in [-0.15, -0.1) is 11.3 Å². The van der Waals surface area contributed by atoms with Crippen molar-refractivity contribution in [2.24, 2.45) is 0 Å². The predicted molar refractivity (Wildman–Crippen MR) is 77.8 cm³/mol. The SMILES string of the molecule is FC(F)(F)c1ccc2cc(-c3csc(-c4ncco4)n3)oc2c1. The first-order chi connectivity index (χ1) is 11.0. The number of thiazole rings is 1. The summed E-state index contributed by atoms with van der Waals surface area (Å²) in [4.78, 5) is 8.34. The van der Waals surface area contributed by atoms with Crippen molar-refractivity contribution in [1.29, 1.82) is 0 Å². The molecule has 0 aliphatic heterocycles. The van der Waals surface area contributed by atoms with Gasteiger partial charge in [0.2, 0.25) is 0 Å². The molecule has 1 aromatic carbocycles. The van der Waals surface area contributed by atoms with E-state index in [0.29, 0.717) is 27.7 Å². The van der Waals surface area contributed by atoms with Crippen LogP contribution in [0.4, 0.5) is 13.2 Å². The van der Waals surface area contributed by atoms with E-state index >= 15 is 0 Å². The van der Waals surface area contributed by atoms with Crippen LogP contribution in [0.2, 0.25) is 0 Å². The van der Waals surface area contributed by atoms with Gasteiger partial charge in [0.1, 0.15) is 17.5 Å². The van der Waals surface area contributed by atoms with E-state index in [1.807, 2.05) is 0 Å². The van der Waals surface area contributed by atoms with Crippen molar-refractivity contribution in [3.63, 3.8) is 0 Å². The molecule has 0 amide bonds. The molecule has 23 heavy (non-hydrogen) atoms. The van der Waals surface area contributed by atoms with Gasteiger partial charge >= 0.3 is 6.18 Å². The first-order valence-electron chi connectivity index (χ1n) is 6.47. The largest absolute Gasteiger partial charge is 0.454 e. The van der Waals surface area contributed by atoms with Crippen molar-refractivity contribution in [3.8, 4) is 22.4 Å². The zero-order valence-corrected chi connectivity index (χ0v) is 12.1. The normalized spacial score (nSPS) is 12.1. The summed E-state index contributed by atoms with van der Waals surface area (Å²) in [5, 5.41) is 2.89. The quantitative estimate of drug-likeness (QED) is 0.503. The van der Waals surface area contributed by atoms with E-state index in [0.717, 1.165) is 12.1 Å². The highest BCUT2D eigenvalue weighted by atomic mass is 32.1. The Kier molecular flexibility index (Phi) is 3.02. The van der Waals surface area contributed by atoms with Crippen molar-refractivity contribution >= 4 is 22.3 Å². The zero-order chi connectivity index (χ0) is 16.0. The first-order valence-corrected chi connectivity index (χ1v) is 7.35. The maximum Gasteiger partial charge on any atom is 0.416 e. The van der Waals surface area contributed by atoms with Gasteiger partial charge in [-0.1, -0.05) is 6.07 Å². The topological polar surface area (TPSA) is 52.1 Å². The summed E-state index contributed by atoms with van der Waals surface area (Å²) in [6.07, 6.45) is -1.45. The minimum atomic E-state index is -4.40. The molecule has 0 atom stereocenters. The van der Waals surface area contributed by atoms with Gasteiger partial charge in [0.15, 0.2) is 10.8 Å². The van der Waals surface area contributed by atoms with Gasteiger partial charge in [0.05, 0.1) is 11.8 Å². The minimum Gasteiger partial charge on any atom is -0.454 e. The Balaban J connectivity index is 1.75. The fourth-order valence-corrected chi connectivity index (χ4v) is 2.89. The number of furan rings is 1. The molecule has 8 heteroatoms. The molecule has 4 aromatic rings. The van der Waals surface area contributed by atoms with Crippen molar-refractivity contribution in [1.82, 2.24) is 9.97 Å². The second-order valence-electron chi connectivity index (χ2n) is 4.74. The van der Waals surface area contributed by atoms with Gasteiger partial charge in [-0.25, -0.2) is 9.97 Å². The molecule has 4 nitrogen and oxygen atoms in total. The Labute approximate surface area is 131 Å². The van der Waals surface area contributed by atoms with Gasteiger partial charge in [-0.3, -0.25) is 0 Å². The molecule has 0 radical (unpaired) electrons. The van der Waals surface area contributed by atoms with E-state index < -0.39 is 11.7 Å². The summed E-state index contributed by atoms with van der Waals surface area (Å²) in [6.45, 7) is 0. The lowest BCUT2D eigenvalue weighted by Gasteiger charge is -2.04. The molecule has 3 heterocycles.